The Hall–Kier alpha value is -2.53. The Balaban J connectivity index is 1.56. The molecule has 0 bridgehead atoms. The van der Waals surface area contributed by atoms with Gasteiger partial charge >= 0.3 is 6.18 Å². The van der Waals surface area contributed by atoms with Crippen molar-refractivity contribution < 1.29 is 35.2 Å². The third kappa shape index (κ3) is 6.29. The van der Waals surface area contributed by atoms with Crippen molar-refractivity contribution in [3.05, 3.63) is 65.2 Å². The molecule has 1 aliphatic rings. The van der Waals surface area contributed by atoms with Crippen LogP contribution in [0.1, 0.15) is 49.8 Å². The van der Waals surface area contributed by atoms with Crippen LogP contribution in [0.3, 0.4) is 0 Å². The summed E-state index contributed by atoms with van der Waals surface area (Å²) in [5, 5.41) is 2.86. The lowest BCUT2D eigenvalue weighted by molar-refractivity contribution is -0.137. The van der Waals surface area contributed by atoms with Crippen LogP contribution in [0.15, 0.2) is 47.4 Å². The number of alkyl halides is 3. The molecule has 0 radical (unpaired) electrons. The van der Waals surface area contributed by atoms with Gasteiger partial charge in [-0.25, -0.2) is 21.9 Å². The molecular formula is C22H23F5N2O3S. The lowest BCUT2D eigenvalue weighted by Crippen LogP contribution is -2.41. The smallest absolute Gasteiger partial charge is 0.349 e. The molecule has 1 atom stereocenters. The predicted octanol–water partition coefficient (Wildman–Crippen LogP) is 4.70. The van der Waals surface area contributed by atoms with Gasteiger partial charge < -0.3 is 5.32 Å². The van der Waals surface area contributed by atoms with Gasteiger partial charge in [-0.2, -0.15) is 13.2 Å². The minimum Gasteiger partial charge on any atom is -0.349 e. The summed E-state index contributed by atoms with van der Waals surface area (Å²) in [7, 11) is -4.37. The summed E-state index contributed by atoms with van der Waals surface area (Å²) in [6.07, 6.45) is -3.41. The molecule has 2 N–H and O–H groups in total. The summed E-state index contributed by atoms with van der Waals surface area (Å²) in [5.41, 5.74) is -0.537. The molecule has 11 heteroatoms. The highest BCUT2D eigenvalue weighted by Gasteiger charge is 2.34. The van der Waals surface area contributed by atoms with Crippen LogP contribution in [0.5, 0.6) is 0 Å². The number of hydrogen-bond acceptors (Lipinski definition) is 3. The summed E-state index contributed by atoms with van der Waals surface area (Å²) < 4.78 is 92.5. The molecule has 0 spiro atoms. The molecule has 1 saturated carbocycles. The van der Waals surface area contributed by atoms with Gasteiger partial charge in [-0.3, -0.25) is 4.79 Å². The first-order valence-electron chi connectivity index (χ1n) is 10.3. The molecule has 1 aliphatic carbocycles. The summed E-state index contributed by atoms with van der Waals surface area (Å²) >= 11 is 0. The average Bonchev–Trinajstić information content (AvgIpc) is 2.73. The lowest BCUT2D eigenvalue weighted by Gasteiger charge is -2.29. The van der Waals surface area contributed by atoms with Crippen molar-refractivity contribution in [1.82, 2.24) is 10.0 Å². The third-order valence-corrected chi connectivity index (χ3v) is 7.25. The number of hydrogen-bond donors (Lipinski definition) is 2. The van der Waals surface area contributed by atoms with E-state index >= 15 is 0 Å². The molecule has 0 heterocycles. The van der Waals surface area contributed by atoms with E-state index in [1.165, 1.54) is 12.1 Å². The number of halogens is 5. The third-order valence-electron chi connectivity index (χ3n) is 5.70. The predicted molar refractivity (Wildman–Crippen MR) is 110 cm³/mol. The zero-order valence-corrected chi connectivity index (χ0v) is 18.4. The van der Waals surface area contributed by atoms with Crippen LogP contribution in [0, 0.1) is 17.6 Å². The van der Waals surface area contributed by atoms with Gasteiger partial charge in [-0.1, -0.05) is 12.1 Å². The second kappa shape index (κ2) is 9.76. The average molecular weight is 490 g/mol. The van der Waals surface area contributed by atoms with Crippen molar-refractivity contribution in [1.29, 1.82) is 0 Å². The number of amides is 1. The van der Waals surface area contributed by atoms with Crippen molar-refractivity contribution in [3.8, 4) is 0 Å². The Morgan fingerprint density at radius 3 is 2.15 bits per heavy atom. The number of carbonyl (C=O) groups is 1. The molecule has 0 saturated heterocycles. The Bertz CT molecular complexity index is 1100. The van der Waals surface area contributed by atoms with Crippen LogP contribution in [-0.2, 0) is 21.0 Å². The summed E-state index contributed by atoms with van der Waals surface area (Å²) in [6.45, 7) is 1.77. The Morgan fingerprint density at radius 2 is 1.61 bits per heavy atom. The number of rotatable bonds is 6. The monoisotopic (exact) mass is 490 g/mol. The standard InChI is InChI=1S/C22H23F5N2O3S/c1-13(14-2-7-17(23)8-3-14)28-21(30)15-4-9-18(10-5-15)29-33(31,32)20-11-6-16(12-19(20)24)22(25,26)27/h2-3,6-8,11-13,15,18,29H,4-5,9-10H2,1H3,(H,28,30)/t13-,15-,18-/m1/s1. The van der Waals surface area contributed by atoms with Crippen molar-refractivity contribution in [3.63, 3.8) is 0 Å². The van der Waals surface area contributed by atoms with Gasteiger partial charge in [0.15, 0.2) is 0 Å². The van der Waals surface area contributed by atoms with Gasteiger partial charge in [0.25, 0.3) is 0 Å². The van der Waals surface area contributed by atoms with E-state index in [1.54, 1.807) is 19.1 Å². The van der Waals surface area contributed by atoms with Gasteiger partial charge in [0.05, 0.1) is 11.6 Å². The normalized spacial score (nSPS) is 20.3. The molecule has 1 amide bonds. The van der Waals surface area contributed by atoms with E-state index in [4.69, 9.17) is 0 Å². The minimum absolute atomic E-state index is 0.151. The molecule has 2 aromatic carbocycles. The molecule has 1 fully saturated rings. The van der Waals surface area contributed by atoms with Crippen molar-refractivity contribution in [2.24, 2.45) is 5.92 Å². The Kier molecular flexibility index (Phi) is 7.42. The molecule has 180 valence electrons. The highest BCUT2D eigenvalue weighted by Crippen LogP contribution is 2.32. The van der Waals surface area contributed by atoms with E-state index in [2.05, 4.69) is 10.0 Å². The first-order chi connectivity index (χ1) is 15.4. The van der Waals surface area contributed by atoms with Gasteiger partial charge in [0.1, 0.15) is 16.5 Å². The van der Waals surface area contributed by atoms with Crippen molar-refractivity contribution in [2.75, 3.05) is 0 Å². The SMILES string of the molecule is C[C@@H](NC(=O)[C@H]1CC[C@H](NS(=O)(=O)c2ccc(C(F)(F)F)cc2F)CC1)c1ccc(F)cc1. The highest BCUT2D eigenvalue weighted by molar-refractivity contribution is 7.89. The first-order valence-corrected chi connectivity index (χ1v) is 11.8. The van der Waals surface area contributed by atoms with Gasteiger partial charge in [0.2, 0.25) is 15.9 Å². The minimum atomic E-state index is -4.79. The Morgan fingerprint density at radius 1 is 1.00 bits per heavy atom. The maximum atomic E-state index is 14.1. The lowest BCUT2D eigenvalue weighted by atomic mass is 9.85. The molecule has 33 heavy (non-hydrogen) atoms. The van der Waals surface area contributed by atoms with Crippen molar-refractivity contribution >= 4 is 15.9 Å². The fourth-order valence-electron chi connectivity index (χ4n) is 3.82. The summed E-state index contributed by atoms with van der Waals surface area (Å²) in [5.74, 6) is -2.42. The van der Waals surface area contributed by atoms with E-state index in [1.807, 2.05) is 0 Å². The molecule has 0 unspecified atom stereocenters. The second-order valence-corrected chi connectivity index (χ2v) is 9.78. The van der Waals surface area contributed by atoms with Crippen LogP contribution >= 0.6 is 0 Å². The van der Waals surface area contributed by atoms with Crippen LogP contribution in [0.2, 0.25) is 0 Å². The maximum Gasteiger partial charge on any atom is 0.416 e. The van der Waals surface area contributed by atoms with Crippen LogP contribution in [0.25, 0.3) is 0 Å². The fourth-order valence-corrected chi connectivity index (χ4v) is 5.18. The highest BCUT2D eigenvalue weighted by atomic mass is 32.2. The largest absolute Gasteiger partial charge is 0.416 e. The molecule has 5 nitrogen and oxygen atoms in total. The van der Waals surface area contributed by atoms with E-state index in [0.29, 0.717) is 37.8 Å². The van der Waals surface area contributed by atoms with Crippen LogP contribution in [-0.4, -0.2) is 20.4 Å². The molecule has 0 aliphatic heterocycles. The number of sulfonamides is 1. The van der Waals surface area contributed by atoms with E-state index in [-0.39, 0.29) is 29.8 Å². The van der Waals surface area contributed by atoms with E-state index in [9.17, 15) is 35.2 Å². The second-order valence-electron chi connectivity index (χ2n) is 8.09. The quantitative estimate of drug-likeness (QED) is 0.577. The van der Waals surface area contributed by atoms with Gasteiger partial charge in [-0.05, 0) is 68.5 Å². The summed E-state index contributed by atoms with van der Waals surface area (Å²) in [6, 6.07) is 6.10. The van der Waals surface area contributed by atoms with E-state index < -0.39 is 38.5 Å². The fraction of sp³-hybridized carbons (Fsp3) is 0.409. The van der Waals surface area contributed by atoms with Gasteiger partial charge in [-0.15, -0.1) is 0 Å². The first kappa shape index (κ1) is 25.1. The van der Waals surface area contributed by atoms with E-state index in [0.717, 1.165) is 5.56 Å². The van der Waals surface area contributed by atoms with Crippen LogP contribution < -0.4 is 10.0 Å². The van der Waals surface area contributed by atoms with Gasteiger partial charge in [0, 0.05) is 12.0 Å². The number of nitrogens with one attached hydrogen (secondary N) is 2. The molecule has 2 aromatic rings. The zero-order valence-electron chi connectivity index (χ0n) is 17.6. The number of carbonyl (C=O) groups excluding carboxylic acids is 1. The van der Waals surface area contributed by atoms with Crippen LogP contribution in [0.4, 0.5) is 22.0 Å². The molecule has 3 rings (SSSR count). The molecular weight excluding hydrogens is 467 g/mol. The Labute approximate surface area is 188 Å². The van der Waals surface area contributed by atoms with Crippen molar-refractivity contribution in [2.45, 2.75) is 55.8 Å². The summed E-state index contributed by atoms with van der Waals surface area (Å²) in [4.78, 5) is 11.7. The maximum absolute atomic E-state index is 14.1. The number of benzene rings is 2. The topological polar surface area (TPSA) is 75.3 Å². The zero-order chi connectivity index (χ0) is 24.4. The molecule has 0 aromatic heterocycles.